The summed E-state index contributed by atoms with van der Waals surface area (Å²) in [6.07, 6.45) is 5.72. The molecule has 0 aliphatic carbocycles. The van der Waals surface area contributed by atoms with Crippen molar-refractivity contribution in [2.24, 2.45) is 0 Å². The van der Waals surface area contributed by atoms with Gasteiger partial charge in [0.25, 0.3) is 5.91 Å². The van der Waals surface area contributed by atoms with Crippen LogP contribution in [0.5, 0.6) is 0 Å². The fraction of sp³-hybridized carbons (Fsp3) is 0.444. The van der Waals surface area contributed by atoms with Gasteiger partial charge < -0.3 is 10.6 Å². The molecule has 1 aromatic carbocycles. The van der Waals surface area contributed by atoms with E-state index >= 15 is 0 Å². The molecule has 0 saturated carbocycles. The number of hydrogen-bond donors (Lipinski definition) is 2. The molecule has 2 heterocycles. The van der Waals surface area contributed by atoms with Gasteiger partial charge in [0.2, 0.25) is 0 Å². The normalized spacial score (nSPS) is 17.4. The molecule has 1 fully saturated rings. The number of aryl methyl sites for hydroxylation is 1. The Kier molecular flexibility index (Phi) is 6.34. The predicted octanol–water partition coefficient (Wildman–Crippen LogP) is 3.48. The molecule has 0 spiro atoms. The number of nitrogens with one attached hydrogen (secondary N) is 2. The van der Waals surface area contributed by atoms with E-state index in [-0.39, 0.29) is 5.91 Å². The largest absolute Gasteiger partial charge is 0.351 e. The minimum atomic E-state index is -0.135. The second-order valence-corrected chi connectivity index (χ2v) is 7.12. The van der Waals surface area contributed by atoms with E-state index in [9.17, 15) is 4.79 Å². The molecule has 25 heavy (non-hydrogen) atoms. The zero-order chi connectivity index (χ0) is 17.6. The number of nitrogens with zero attached hydrogens (tertiary/aromatic N) is 2. The molecular formula is C18H22Cl2N4O. The third kappa shape index (κ3) is 4.97. The summed E-state index contributed by atoms with van der Waals surface area (Å²) < 4.78 is 1.90. The van der Waals surface area contributed by atoms with E-state index in [2.05, 4.69) is 15.7 Å². The first-order valence-electron chi connectivity index (χ1n) is 8.61. The first kappa shape index (κ1) is 18.2. The predicted molar refractivity (Wildman–Crippen MR) is 100 cm³/mol. The van der Waals surface area contributed by atoms with Gasteiger partial charge in [0, 0.05) is 29.3 Å². The van der Waals surface area contributed by atoms with Crippen molar-refractivity contribution in [1.29, 1.82) is 0 Å². The third-order valence-electron chi connectivity index (χ3n) is 4.41. The van der Waals surface area contributed by atoms with Gasteiger partial charge in [0.15, 0.2) is 0 Å². The van der Waals surface area contributed by atoms with Crippen LogP contribution in [-0.4, -0.2) is 35.3 Å². The molecular weight excluding hydrogens is 359 g/mol. The minimum Gasteiger partial charge on any atom is -0.351 e. The topological polar surface area (TPSA) is 59.0 Å². The summed E-state index contributed by atoms with van der Waals surface area (Å²) in [5.41, 5.74) is 1.50. The Morgan fingerprint density at radius 2 is 2.24 bits per heavy atom. The smallest absolute Gasteiger partial charge is 0.271 e. The van der Waals surface area contributed by atoms with Crippen molar-refractivity contribution in [1.82, 2.24) is 20.4 Å². The summed E-state index contributed by atoms with van der Waals surface area (Å²) in [7, 11) is 0. The average molecular weight is 381 g/mol. The molecule has 1 atom stereocenters. The summed E-state index contributed by atoms with van der Waals surface area (Å²) in [4.78, 5) is 12.2. The highest BCUT2D eigenvalue weighted by atomic mass is 35.5. The van der Waals surface area contributed by atoms with Gasteiger partial charge in [-0.2, -0.15) is 5.10 Å². The molecule has 0 radical (unpaired) electrons. The van der Waals surface area contributed by atoms with Crippen LogP contribution in [0.4, 0.5) is 0 Å². The maximum absolute atomic E-state index is 12.2. The van der Waals surface area contributed by atoms with E-state index in [1.165, 1.54) is 0 Å². The summed E-state index contributed by atoms with van der Waals surface area (Å²) >= 11 is 12.0. The summed E-state index contributed by atoms with van der Waals surface area (Å²) in [5.74, 6) is -0.135. The number of benzene rings is 1. The van der Waals surface area contributed by atoms with Crippen molar-refractivity contribution in [2.75, 3.05) is 19.6 Å². The number of piperidine rings is 1. The molecule has 1 aliphatic heterocycles. The first-order valence-corrected chi connectivity index (χ1v) is 9.37. The van der Waals surface area contributed by atoms with Crippen LogP contribution in [0.25, 0.3) is 0 Å². The Labute approximate surface area is 157 Å². The number of amides is 1. The zero-order valence-corrected chi connectivity index (χ0v) is 15.5. The van der Waals surface area contributed by atoms with Crippen LogP contribution in [0, 0.1) is 0 Å². The van der Waals surface area contributed by atoms with E-state index in [0.29, 0.717) is 28.3 Å². The Morgan fingerprint density at radius 3 is 3.00 bits per heavy atom. The fourth-order valence-corrected chi connectivity index (χ4v) is 3.52. The van der Waals surface area contributed by atoms with Gasteiger partial charge in [-0.1, -0.05) is 29.3 Å². The van der Waals surface area contributed by atoms with Gasteiger partial charge in [-0.3, -0.25) is 9.48 Å². The number of carbonyl (C=O) groups is 1. The second kappa shape index (κ2) is 8.70. The molecule has 1 aromatic heterocycles. The van der Waals surface area contributed by atoms with Crippen LogP contribution in [0.2, 0.25) is 10.0 Å². The van der Waals surface area contributed by atoms with Crippen molar-refractivity contribution in [2.45, 2.75) is 31.7 Å². The van der Waals surface area contributed by atoms with Crippen molar-refractivity contribution in [3.8, 4) is 0 Å². The second-order valence-electron chi connectivity index (χ2n) is 6.28. The highest BCUT2D eigenvalue weighted by Crippen LogP contribution is 2.22. The molecule has 134 valence electrons. The molecule has 2 aromatic rings. The van der Waals surface area contributed by atoms with Crippen molar-refractivity contribution >= 4 is 29.1 Å². The lowest BCUT2D eigenvalue weighted by atomic mass is 10.1. The van der Waals surface area contributed by atoms with E-state index < -0.39 is 0 Å². The van der Waals surface area contributed by atoms with Crippen molar-refractivity contribution < 1.29 is 4.79 Å². The first-order chi connectivity index (χ1) is 12.1. The van der Waals surface area contributed by atoms with Crippen molar-refractivity contribution in [3.63, 3.8) is 0 Å². The van der Waals surface area contributed by atoms with Crippen LogP contribution in [-0.2, 0) is 6.42 Å². The lowest BCUT2D eigenvalue weighted by Crippen LogP contribution is -2.32. The zero-order valence-electron chi connectivity index (χ0n) is 14.0. The van der Waals surface area contributed by atoms with E-state index in [4.69, 9.17) is 23.2 Å². The number of aromatic nitrogens is 2. The molecule has 3 rings (SSSR count). The lowest BCUT2D eigenvalue weighted by Gasteiger charge is -2.22. The molecule has 1 saturated heterocycles. The van der Waals surface area contributed by atoms with Crippen LogP contribution >= 0.6 is 23.2 Å². The van der Waals surface area contributed by atoms with Gasteiger partial charge in [-0.05, 0) is 56.0 Å². The Morgan fingerprint density at radius 1 is 1.36 bits per heavy atom. The van der Waals surface area contributed by atoms with Gasteiger partial charge in [0.05, 0.1) is 6.04 Å². The van der Waals surface area contributed by atoms with Crippen molar-refractivity contribution in [3.05, 3.63) is 51.8 Å². The van der Waals surface area contributed by atoms with Crippen LogP contribution in [0.1, 0.15) is 41.4 Å². The molecule has 0 bridgehead atoms. The summed E-state index contributed by atoms with van der Waals surface area (Å²) in [6, 6.07) is 7.60. The summed E-state index contributed by atoms with van der Waals surface area (Å²) in [6.45, 7) is 2.54. The molecule has 2 N–H and O–H groups in total. The van der Waals surface area contributed by atoms with Crippen LogP contribution < -0.4 is 10.6 Å². The Hall–Kier alpha value is -1.56. The standard InChI is InChI=1S/C18H22Cl2N4O/c19-14-6-5-13(16(20)11-14)3-1-9-22-18(25)17-7-10-24(23-17)15-4-2-8-21-12-15/h5-7,10-11,15,21H,1-4,8-9,12H2,(H,22,25). The molecule has 1 amide bonds. The van der Waals surface area contributed by atoms with Crippen LogP contribution in [0.15, 0.2) is 30.5 Å². The van der Waals surface area contributed by atoms with Gasteiger partial charge >= 0.3 is 0 Å². The lowest BCUT2D eigenvalue weighted by molar-refractivity contribution is 0.0947. The molecule has 5 nitrogen and oxygen atoms in total. The highest BCUT2D eigenvalue weighted by Gasteiger charge is 2.17. The number of hydrogen-bond acceptors (Lipinski definition) is 3. The highest BCUT2D eigenvalue weighted by molar-refractivity contribution is 6.35. The molecule has 1 unspecified atom stereocenters. The average Bonchev–Trinajstić information content (AvgIpc) is 3.11. The van der Waals surface area contributed by atoms with E-state index in [1.54, 1.807) is 12.1 Å². The van der Waals surface area contributed by atoms with Gasteiger partial charge in [-0.15, -0.1) is 0 Å². The minimum absolute atomic E-state index is 0.135. The SMILES string of the molecule is O=C(NCCCc1ccc(Cl)cc1Cl)c1ccn(C2CCCNC2)n1. The van der Waals surface area contributed by atoms with E-state index in [0.717, 1.165) is 44.3 Å². The molecule has 7 heteroatoms. The third-order valence-corrected chi connectivity index (χ3v) is 5.00. The maximum atomic E-state index is 12.2. The Bertz CT molecular complexity index is 726. The monoisotopic (exact) mass is 380 g/mol. The van der Waals surface area contributed by atoms with Gasteiger partial charge in [0.1, 0.15) is 5.69 Å². The van der Waals surface area contributed by atoms with Crippen LogP contribution in [0.3, 0.4) is 0 Å². The number of carbonyl (C=O) groups excluding carboxylic acids is 1. The number of rotatable bonds is 6. The van der Waals surface area contributed by atoms with Gasteiger partial charge in [-0.25, -0.2) is 0 Å². The quantitative estimate of drug-likeness (QED) is 0.754. The number of halogens is 2. The fourth-order valence-electron chi connectivity index (χ4n) is 3.02. The summed E-state index contributed by atoms with van der Waals surface area (Å²) in [5, 5.41) is 12.0. The molecule has 1 aliphatic rings. The van der Waals surface area contributed by atoms with E-state index in [1.807, 2.05) is 23.0 Å². The Balaban J connectivity index is 1.45. The maximum Gasteiger partial charge on any atom is 0.271 e.